The number of hydrogen-bond donors (Lipinski definition) is 2. The maximum atomic E-state index is 4.60. The SMILES string of the molecule is CC1CN(c2ccc(-c3n[nH]c4cncnc34)cn2)CCN1. The first-order chi connectivity index (χ1) is 10.8. The summed E-state index contributed by atoms with van der Waals surface area (Å²) in [6.45, 7) is 5.14. The van der Waals surface area contributed by atoms with Crippen LogP contribution in [-0.2, 0) is 0 Å². The van der Waals surface area contributed by atoms with E-state index in [2.05, 4.69) is 48.4 Å². The molecule has 1 unspecified atom stereocenters. The zero-order valence-electron chi connectivity index (χ0n) is 12.3. The monoisotopic (exact) mass is 295 g/mol. The van der Waals surface area contributed by atoms with E-state index in [-0.39, 0.29) is 0 Å². The minimum absolute atomic E-state index is 0.488. The topological polar surface area (TPSA) is 82.6 Å². The van der Waals surface area contributed by atoms with Gasteiger partial charge in [0.25, 0.3) is 0 Å². The van der Waals surface area contributed by atoms with Crippen LogP contribution >= 0.6 is 0 Å². The number of H-pyrrole nitrogens is 1. The quantitative estimate of drug-likeness (QED) is 0.739. The molecule has 1 aliphatic heterocycles. The molecule has 1 atom stereocenters. The van der Waals surface area contributed by atoms with Gasteiger partial charge in [0.1, 0.15) is 28.9 Å². The van der Waals surface area contributed by atoms with Crippen molar-refractivity contribution >= 4 is 16.9 Å². The third kappa shape index (κ3) is 2.29. The second-order valence-corrected chi connectivity index (χ2v) is 5.56. The number of aromatic nitrogens is 5. The van der Waals surface area contributed by atoms with Crippen LogP contribution in [0.4, 0.5) is 5.82 Å². The van der Waals surface area contributed by atoms with Crippen LogP contribution in [0.25, 0.3) is 22.3 Å². The van der Waals surface area contributed by atoms with Gasteiger partial charge in [-0.05, 0) is 19.1 Å². The van der Waals surface area contributed by atoms with Crippen molar-refractivity contribution in [3.05, 3.63) is 30.9 Å². The Bertz CT molecular complexity index is 780. The Morgan fingerprint density at radius 3 is 3.00 bits per heavy atom. The maximum absolute atomic E-state index is 4.60. The van der Waals surface area contributed by atoms with Crippen molar-refractivity contribution in [1.29, 1.82) is 0 Å². The van der Waals surface area contributed by atoms with E-state index in [9.17, 15) is 0 Å². The fourth-order valence-corrected chi connectivity index (χ4v) is 2.82. The summed E-state index contributed by atoms with van der Waals surface area (Å²) >= 11 is 0. The van der Waals surface area contributed by atoms with Gasteiger partial charge >= 0.3 is 0 Å². The number of rotatable bonds is 2. The second kappa shape index (κ2) is 5.34. The molecule has 7 heteroatoms. The van der Waals surface area contributed by atoms with Crippen molar-refractivity contribution in [2.24, 2.45) is 0 Å². The van der Waals surface area contributed by atoms with Gasteiger partial charge in [0, 0.05) is 37.4 Å². The number of pyridine rings is 1. The predicted molar refractivity (Wildman–Crippen MR) is 84.6 cm³/mol. The molecule has 112 valence electrons. The fraction of sp³-hybridized carbons (Fsp3) is 0.333. The molecule has 22 heavy (non-hydrogen) atoms. The van der Waals surface area contributed by atoms with Crippen molar-refractivity contribution in [3.63, 3.8) is 0 Å². The van der Waals surface area contributed by atoms with Crippen LogP contribution < -0.4 is 10.2 Å². The molecule has 4 rings (SSSR count). The highest BCUT2D eigenvalue weighted by molar-refractivity contribution is 5.88. The number of anilines is 1. The number of aromatic amines is 1. The molecule has 4 heterocycles. The summed E-state index contributed by atoms with van der Waals surface area (Å²) in [4.78, 5) is 15.2. The molecule has 3 aromatic rings. The molecule has 1 aliphatic rings. The first kappa shape index (κ1) is 13.1. The predicted octanol–water partition coefficient (Wildman–Crippen LogP) is 1.21. The van der Waals surface area contributed by atoms with Crippen molar-refractivity contribution in [3.8, 4) is 11.3 Å². The number of hydrogen-bond acceptors (Lipinski definition) is 6. The van der Waals surface area contributed by atoms with Gasteiger partial charge in [0.2, 0.25) is 0 Å². The lowest BCUT2D eigenvalue weighted by molar-refractivity contribution is 0.482. The van der Waals surface area contributed by atoms with Crippen LogP contribution in [0.1, 0.15) is 6.92 Å². The summed E-state index contributed by atoms with van der Waals surface area (Å²) in [5.74, 6) is 1.01. The van der Waals surface area contributed by atoms with Gasteiger partial charge in [-0.2, -0.15) is 5.10 Å². The molecule has 1 fully saturated rings. The zero-order valence-corrected chi connectivity index (χ0v) is 12.3. The highest BCUT2D eigenvalue weighted by Gasteiger charge is 2.17. The maximum Gasteiger partial charge on any atom is 0.128 e. The van der Waals surface area contributed by atoms with Crippen LogP contribution in [-0.4, -0.2) is 50.8 Å². The summed E-state index contributed by atoms with van der Waals surface area (Å²) in [6.07, 6.45) is 5.12. The van der Waals surface area contributed by atoms with Crippen molar-refractivity contribution in [2.45, 2.75) is 13.0 Å². The second-order valence-electron chi connectivity index (χ2n) is 5.56. The van der Waals surface area contributed by atoms with Gasteiger partial charge < -0.3 is 10.2 Å². The molecular formula is C15H17N7. The minimum Gasteiger partial charge on any atom is -0.354 e. The summed E-state index contributed by atoms with van der Waals surface area (Å²) in [7, 11) is 0. The Morgan fingerprint density at radius 2 is 2.18 bits per heavy atom. The van der Waals surface area contributed by atoms with E-state index >= 15 is 0 Å². The highest BCUT2D eigenvalue weighted by atomic mass is 15.2. The summed E-state index contributed by atoms with van der Waals surface area (Å²) in [5.41, 5.74) is 3.42. The zero-order chi connectivity index (χ0) is 14.9. The normalized spacial score (nSPS) is 18.8. The number of piperazine rings is 1. The molecule has 0 radical (unpaired) electrons. The van der Waals surface area contributed by atoms with E-state index in [0.717, 1.165) is 47.7 Å². The van der Waals surface area contributed by atoms with Gasteiger partial charge in [-0.1, -0.05) is 0 Å². The molecule has 7 nitrogen and oxygen atoms in total. The Hall–Kier alpha value is -2.54. The molecule has 0 saturated carbocycles. The lowest BCUT2D eigenvalue weighted by Gasteiger charge is -2.32. The number of fused-ring (bicyclic) bond motifs is 1. The van der Waals surface area contributed by atoms with Crippen LogP contribution in [0.3, 0.4) is 0 Å². The van der Waals surface area contributed by atoms with E-state index in [1.165, 1.54) is 6.33 Å². The van der Waals surface area contributed by atoms with Crippen LogP contribution in [0.5, 0.6) is 0 Å². The lowest BCUT2D eigenvalue weighted by atomic mass is 10.2. The standard InChI is InChI=1S/C15H17N7/c1-10-8-22(5-4-17-10)13-3-2-11(6-18-13)14-15-12(20-21-14)7-16-9-19-15/h2-3,6-7,9-10,17H,4-5,8H2,1H3,(H,20,21). The molecule has 1 saturated heterocycles. The molecule has 2 N–H and O–H groups in total. The molecule has 0 aliphatic carbocycles. The van der Waals surface area contributed by atoms with Crippen molar-refractivity contribution < 1.29 is 0 Å². The highest BCUT2D eigenvalue weighted by Crippen LogP contribution is 2.24. The van der Waals surface area contributed by atoms with E-state index < -0.39 is 0 Å². The lowest BCUT2D eigenvalue weighted by Crippen LogP contribution is -2.49. The van der Waals surface area contributed by atoms with Gasteiger partial charge in [-0.15, -0.1) is 0 Å². The summed E-state index contributed by atoms with van der Waals surface area (Å²) < 4.78 is 0. The van der Waals surface area contributed by atoms with Crippen molar-refractivity contribution in [1.82, 2.24) is 30.5 Å². The minimum atomic E-state index is 0.488. The fourth-order valence-electron chi connectivity index (χ4n) is 2.82. The van der Waals surface area contributed by atoms with Crippen LogP contribution in [0, 0.1) is 0 Å². The first-order valence-corrected chi connectivity index (χ1v) is 7.40. The Balaban J connectivity index is 1.64. The van der Waals surface area contributed by atoms with Crippen LogP contribution in [0.15, 0.2) is 30.9 Å². The largest absolute Gasteiger partial charge is 0.354 e. The first-order valence-electron chi connectivity index (χ1n) is 7.40. The smallest absolute Gasteiger partial charge is 0.128 e. The molecule has 0 bridgehead atoms. The average molecular weight is 295 g/mol. The van der Waals surface area contributed by atoms with E-state index in [0.29, 0.717) is 6.04 Å². The van der Waals surface area contributed by atoms with Gasteiger partial charge in [0.15, 0.2) is 0 Å². The van der Waals surface area contributed by atoms with Crippen LogP contribution in [0.2, 0.25) is 0 Å². The molecule has 0 spiro atoms. The summed E-state index contributed by atoms with van der Waals surface area (Å²) in [5, 5.41) is 10.7. The molecule has 3 aromatic heterocycles. The van der Waals surface area contributed by atoms with Gasteiger partial charge in [0.05, 0.1) is 6.20 Å². The van der Waals surface area contributed by atoms with E-state index in [1.54, 1.807) is 6.20 Å². The Kier molecular flexibility index (Phi) is 3.19. The molecule has 0 amide bonds. The van der Waals surface area contributed by atoms with Crippen molar-refractivity contribution in [2.75, 3.05) is 24.5 Å². The third-order valence-electron chi connectivity index (χ3n) is 3.94. The molecular weight excluding hydrogens is 278 g/mol. The van der Waals surface area contributed by atoms with Gasteiger partial charge in [-0.25, -0.2) is 15.0 Å². The average Bonchev–Trinajstić information content (AvgIpc) is 2.99. The Morgan fingerprint density at radius 1 is 1.23 bits per heavy atom. The number of nitrogens with one attached hydrogen (secondary N) is 2. The molecule has 0 aromatic carbocycles. The summed E-state index contributed by atoms with van der Waals surface area (Å²) in [6, 6.07) is 4.59. The number of nitrogens with zero attached hydrogens (tertiary/aromatic N) is 5. The van der Waals surface area contributed by atoms with E-state index in [4.69, 9.17) is 0 Å². The third-order valence-corrected chi connectivity index (χ3v) is 3.94. The van der Waals surface area contributed by atoms with E-state index in [1.807, 2.05) is 12.3 Å². The Labute approximate surface area is 127 Å². The van der Waals surface area contributed by atoms with Gasteiger partial charge in [-0.3, -0.25) is 5.10 Å².